The monoisotopic (exact) mass is 1440 g/mol. The molecule has 0 aliphatic carbocycles. The minimum absolute atomic E-state index is 0.0245. The van der Waals surface area contributed by atoms with E-state index in [9.17, 15) is 89.1 Å². The van der Waals surface area contributed by atoms with E-state index in [0.29, 0.717) is 90.3 Å². The Morgan fingerprint density at radius 2 is 0.600 bits per heavy atom. The largest absolute Gasteiger partial charge is 0.394 e. The number of amides is 9. The Labute approximate surface area is 583 Å². The van der Waals surface area contributed by atoms with Gasteiger partial charge in [0, 0.05) is 124 Å². The van der Waals surface area contributed by atoms with Crippen molar-refractivity contribution in [1.82, 2.24) is 47.9 Å². The quantitative estimate of drug-likeness (QED) is 0.0252. The van der Waals surface area contributed by atoms with E-state index in [0.717, 1.165) is 0 Å². The van der Waals surface area contributed by atoms with Crippen LogP contribution in [0.1, 0.15) is 137 Å². The minimum atomic E-state index is -1.44. The van der Waals surface area contributed by atoms with Crippen LogP contribution in [0.25, 0.3) is 0 Å². The molecule has 9 amide bonds. The molecule has 0 aromatic carbocycles. The lowest BCUT2D eigenvalue weighted by Gasteiger charge is -2.42. The van der Waals surface area contributed by atoms with E-state index in [1.165, 1.54) is 20.8 Å². The molecule has 3 saturated heterocycles. The molecule has 0 bridgehead atoms. The summed E-state index contributed by atoms with van der Waals surface area (Å²) in [7, 11) is 0. The van der Waals surface area contributed by atoms with Crippen molar-refractivity contribution in [1.29, 1.82) is 0 Å². The van der Waals surface area contributed by atoms with Gasteiger partial charge in [0.05, 0.1) is 59.5 Å². The van der Waals surface area contributed by atoms with E-state index in [1.54, 1.807) is 0 Å². The fourth-order valence-corrected chi connectivity index (χ4v) is 11.0. The summed E-state index contributed by atoms with van der Waals surface area (Å²) in [6.07, 6.45) is -9.58. The Morgan fingerprint density at radius 3 is 0.830 bits per heavy atom. The molecule has 0 aromatic heterocycles. The number of hydrogen-bond donors (Lipinski definition) is 18. The van der Waals surface area contributed by atoms with E-state index in [2.05, 4.69) is 47.9 Å². The van der Waals surface area contributed by atoms with Gasteiger partial charge in [-0.25, -0.2) is 0 Å². The molecule has 15 atom stereocenters. The van der Waals surface area contributed by atoms with E-state index >= 15 is 0 Å². The first kappa shape index (κ1) is 88.7. The van der Waals surface area contributed by atoms with Gasteiger partial charge in [-0.3, -0.25) is 43.2 Å². The lowest BCUT2D eigenvalue weighted by Crippen LogP contribution is -2.64. The van der Waals surface area contributed by atoms with Crippen molar-refractivity contribution in [2.24, 2.45) is 5.41 Å². The molecule has 578 valence electrons. The van der Waals surface area contributed by atoms with Crippen LogP contribution in [0.5, 0.6) is 0 Å². The van der Waals surface area contributed by atoms with Gasteiger partial charge in [0.25, 0.3) is 0 Å². The summed E-state index contributed by atoms with van der Waals surface area (Å²) in [6, 6.07) is -3.21. The van der Waals surface area contributed by atoms with Crippen LogP contribution >= 0.6 is 0 Å². The number of carbonyl (C=O) groups is 9. The van der Waals surface area contributed by atoms with Gasteiger partial charge in [-0.2, -0.15) is 0 Å². The summed E-state index contributed by atoms with van der Waals surface area (Å²) in [6.45, 7) is 6.50. The molecule has 3 fully saturated rings. The highest BCUT2D eigenvalue weighted by molar-refractivity contribution is 5.78. The molecule has 0 radical (unpaired) electrons. The number of unbranched alkanes of at least 4 members (excludes halogenated alkanes) is 3. The molecule has 36 heteroatoms. The predicted octanol–water partition coefficient (Wildman–Crippen LogP) is -5.75. The first-order valence-electron chi connectivity index (χ1n) is 34.8. The van der Waals surface area contributed by atoms with Crippen molar-refractivity contribution in [3.63, 3.8) is 0 Å². The van der Waals surface area contributed by atoms with Crippen LogP contribution in [0.4, 0.5) is 0 Å². The summed E-state index contributed by atoms with van der Waals surface area (Å²) < 4.78 is 51.9. The summed E-state index contributed by atoms with van der Waals surface area (Å²) in [5, 5.41) is 115. The molecule has 3 aliphatic rings. The highest BCUT2D eigenvalue weighted by Crippen LogP contribution is 2.28. The molecular weight excluding hydrogens is 1330 g/mol. The van der Waals surface area contributed by atoms with Gasteiger partial charge in [0.2, 0.25) is 53.2 Å². The number of carbonyl (C=O) groups excluding carboxylic acids is 9. The van der Waals surface area contributed by atoms with Crippen molar-refractivity contribution in [3.05, 3.63) is 0 Å². The van der Waals surface area contributed by atoms with Gasteiger partial charge in [-0.15, -0.1) is 0 Å². The number of ether oxygens (including phenoxy) is 9. The van der Waals surface area contributed by atoms with Crippen molar-refractivity contribution < 1.29 is 132 Å². The second-order valence-electron chi connectivity index (χ2n) is 25.1. The van der Waals surface area contributed by atoms with Gasteiger partial charge < -0.3 is 136 Å². The van der Waals surface area contributed by atoms with Gasteiger partial charge in [-0.1, -0.05) is 13.3 Å². The second kappa shape index (κ2) is 50.8. The minimum Gasteiger partial charge on any atom is -0.394 e. The van der Waals surface area contributed by atoms with Gasteiger partial charge in [0.15, 0.2) is 18.9 Å². The molecule has 3 aliphatic heterocycles. The zero-order valence-electron chi connectivity index (χ0n) is 58.3. The van der Waals surface area contributed by atoms with Crippen molar-refractivity contribution >= 4 is 53.2 Å². The number of aliphatic hydroxyl groups is 9. The average Bonchev–Trinajstić information content (AvgIpc) is 0.824. The molecule has 3 heterocycles. The Hall–Kier alpha value is -5.49. The Kier molecular flexibility index (Phi) is 45.1. The predicted molar refractivity (Wildman–Crippen MR) is 351 cm³/mol. The van der Waals surface area contributed by atoms with Crippen LogP contribution in [0, 0.1) is 5.41 Å². The normalized spacial score (nSPS) is 25.7. The smallest absolute Gasteiger partial charge is 0.222 e. The van der Waals surface area contributed by atoms with Gasteiger partial charge in [-0.05, 0) is 64.2 Å². The van der Waals surface area contributed by atoms with E-state index in [1.807, 2.05) is 6.92 Å². The maximum absolute atomic E-state index is 12.8. The van der Waals surface area contributed by atoms with Crippen LogP contribution in [0.3, 0.4) is 0 Å². The second-order valence-corrected chi connectivity index (χ2v) is 25.1. The highest BCUT2D eigenvalue weighted by Gasteiger charge is 2.48. The fraction of sp³-hybridized carbons (Fsp3) is 0.859. The molecule has 0 aromatic rings. The Bertz CT molecular complexity index is 2150. The molecule has 3 rings (SSSR count). The SMILES string of the molecule is CCCC(COCCC(=O)NCCCNC(=O)CCCCOC1OC(CO)C(O)C(O)C1NC(C)=O)(COCCC(=O)NCCCNC(=O)CCCCOC1OC(CO)C(O)C(O)C1NC(C)=O)COCCC(=O)NCCCNC(=O)CCCCOC1OC(CO)C(O)C(O)C1NC(C)=O. The van der Waals surface area contributed by atoms with Gasteiger partial charge in [0.1, 0.15) is 73.1 Å². The summed E-state index contributed by atoms with van der Waals surface area (Å²) in [5.74, 6) is -2.91. The third-order valence-corrected chi connectivity index (χ3v) is 16.4. The first-order chi connectivity index (χ1) is 47.9. The topological polar surface area (TPSA) is 527 Å². The number of hydrogen-bond acceptors (Lipinski definition) is 27. The maximum Gasteiger partial charge on any atom is 0.222 e. The molecule has 0 saturated carbocycles. The molecule has 15 unspecified atom stereocenters. The molecule has 18 N–H and O–H groups in total. The summed E-state index contributed by atoms with van der Waals surface area (Å²) in [5.41, 5.74) is -0.740. The summed E-state index contributed by atoms with van der Waals surface area (Å²) in [4.78, 5) is 111. The summed E-state index contributed by atoms with van der Waals surface area (Å²) >= 11 is 0. The molecular formula is C64H115N9O27. The maximum atomic E-state index is 12.8. The molecule has 0 spiro atoms. The Morgan fingerprint density at radius 1 is 0.350 bits per heavy atom. The zero-order valence-corrected chi connectivity index (χ0v) is 58.3. The third kappa shape index (κ3) is 35.1. The van der Waals surface area contributed by atoms with E-state index < -0.39 is 135 Å². The standard InChI is InChI=1S/C64H115N9O27/c1-5-21-64(37-92-31-18-49(83)68-25-12-22-65-46(80)15-6-9-28-95-61-52(71-40(2)77)58(89)55(86)43(34-74)98-61,38-93-32-19-50(84)69-26-13-23-66-47(81)16-7-10-29-96-62-53(72-41(3)78)59(90)56(87)44(35-75)99-62)39-94-33-20-51(85)70-27-14-24-67-48(82)17-8-11-30-97-63-54(73-42(4)79)60(91)57(88)45(36-76)100-63/h43-45,52-63,74-76,86-91H,5-39H2,1-4H3,(H,65,80)(H,66,81)(H,67,82)(H,68,83)(H,69,84)(H,70,85)(H,71,77)(H,72,78)(H,73,79). The van der Waals surface area contributed by atoms with Crippen molar-refractivity contribution in [3.8, 4) is 0 Å². The number of aliphatic hydroxyl groups excluding tert-OH is 9. The van der Waals surface area contributed by atoms with E-state index in [-0.39, 0.29) is 153 Å². The molecule has 36 nitrogen and oxygen atoms in total. The van der Waals surface area contributed by atoms with E-state index in [4.69, 9.17) is 42.6 Å². The van der Waals surface area contributed by atoms with Crippen molar-refractivity contribution in [2.45, 2.75) is 229 Å². The number of rotatable bonds is 53. The zero-order chi connectivity index (χ0) is 73.8. The van der Waals surface area contributed by atoms with Crippen LogP contribution in [0.15, 0.2) is 0 Å². The lowest BCUT2D eigenvalue weighted by atomic mass is 9.86. The van der Waals surface area contributed by atoms with Crippen LogP contribution in [-0.2, 0) is 85.8 Å². The number of nitrogens with one attached hydrogen (secondary N) is 9. The van der Waals surface area contributed by atoms with Crippen LogP contribution in [-0.4, -0.2) is 310 Å². The highest BCUT2D eigenvalue weighted by atomic mass is 16.7. The Balaban J connectivity index is 1.38. The molecule has 100 heavy (non-hydrogen) atoms. The van der Waals surface area contributed by atoms with Crippen LogP contribution < -0.4 is 47.9 Å². The van der Waals surface area contributed by atoms with Gasteiger partial charge >= 0.3 is 0 Å². The fourth-order valence-electron chi connectivity index (χ4n) is 11.0. The van der Waals surface area contributed by atoms with Crippen LogP contribution in [0.2, 0.25) is 0 Å². The van der Waals surface area contributed by atoms with Crippen molar-refractivity contribution in [2.75, 3.05) is 119 Å². The third-order valence-electron chi connectivity index (χ3n) is 16.4. The average molecular weight is 1440 g/mol. The first-order valence-corrected chi connectivity index (χ1v) is 34.8. The lowest BCUT2D eigenvalue weighted by molar-refractivity contribution is -0.270.